The van der Waals surface area contributed by atoms with E-state index in [9.17, 15) is 14.4 Å². The van der Waals surface area contributed by atoms with Gasteiger partial charge in [0.25, 0.3) is 5.91 Å². The SMILES string of the molecule is Cc1cc(-c2cnc(C(=O)O)cn2)n(C)n1.Cc1cc(-c2cnc(C(N)=O)cn2)n(C)n1.Cc1cc(-c2cnc(NC(=O)OC(C)(C)C)cn2)n(C)n1.Cc1cnc(-c2cc(C)nn2C)cn1. The average molecular weight is 913 g/mol. The van der Waals surface area contributed by atoms with E-state index in [0.29, 0.717) is 22.9 Å². The summed E-state index contributed by atoms with van der Waals surface area (Å²) in [5.41, 5.74) is 15.5. The number of amides is 2. The summed E-state index contributed by atoms with van der Waals surface area (Å²) in [5, 5.41) is 28.1. The number of hydrogen-bond donors (Lipinski definition) is 3. The van der Waals surface area contributed by atoms with Gasteiger partial charge in [-0.15, -0.1) is 0 Å². The molecule has 4 N–H and O–H groups in total. The summed E-state index contributed by atoms with van der Waals surface area (Å²) in [6.45, 7) is 15.0. The van der Waals surface area contributed by atoms with E-state index in [1.807, 2.05) is 84.7 Å². The van der Waals surface area contributed by atoms with Crippen molar-refractivity contribution in [1.29, 1.82) is 0 Å². The minimum atomic E-state index is -1.08. The van der Waals surface area contributed by atoms with Gasteiger partial charge in [0.2, 0.25) is 0 Å². The van der Waals surface area contributed by atoms with Gasteiger partial charge in [0, 0.05) is 34.4 Å². The predicted octanol–water partition coefficient (Wildman–Crippen LogP) is 5.19. The molecule has 0 saturated carbocycles. The fourth-order valence-electron chi connectivity index (χ4n) is 6.02. The van der Waals surface area contributed by atoms with Crippen LogP contribution in [0.3, 0.4) is 0 Å². The third-order valence-corrected chi connectivity index (χ3v) is 8.89. The maximum Gasteiger partial charge on any atom is 0.413 e. The molecule has 0 spiro atoms. The monoisotopic (exact) mass is 912 g/mol. The highest BCUT2D eigenvalue weighted by Gasteiger charge is 2.17. The van der Waals surface area contributed by atoms with Crippen LogP contribution in [0.4, 0.5) is 10.6 Å². The van der Waals surface area contributed by atoms with Crippen molar-refractivity contribution in [3.8, 4) is 45.6 Å². The molecule has 23 heteroatoms. The predicted molar refractivity (Wildman–Crippen MR) is 246 cm³/mol. The zero-order valence-electron chi connectivity index (χ0n) is 39.2. The Morgan fingerprint density at radius 3 is 1.13 bits per heavy atom. The zero-order valence-corrected chi connectivity index (χ0v) is 39.2. The Morgan fingerprint density at radius 1 is 0.507 bits per heavy atom. The highest BCUT2D eigenvalue weighted by atomic mass is 16.6. The Labute approximate surface area is 385 Å². The molecular weight excluding hydrogens is 861 g/mol. The Hall–Kier alpha value is -8.63. The second kappa shape index (κ2) is 21.4. The molecule has 2 amide bonds. The van der Waals surface area contributed by atoms with Gasteiger partial charge in [0.15, 0.2) is 11.5 Å². The average Bonchev–Trinajstić information content (AvgIpc) is 4.01. The summed E-state index contributed by atoms with van der Waals surface area (Å²) in [5.74, 6) is -1.33. The van der Waals surface area contributed by atoms with Gasteiger partial charge in [0.1, 0.15) is 34.1 Å². The van der Waals surface area contributed by atoms with E-state index in [-0.39, 0.29) is 11.4 Å². The van der Waals surface area contributed by atoms with Crippen LogP contribution in [0, 0.1) is 34.6 Å². The number of anilines is 1. The summed E-state index contributed by atoms with van der Waals surface area (Å²) in [6.07, 6.45) is 11.6. The minimum Gasteiger partial charge on any atom is -0.476 e. The van der Waals surface area contributed by atoms with Crippen molar-refractivity contribution >= 4 is 23.8 Å². The highest BCUT2D eigenvalue weighted by molar-refractivity contribution is 5.90. The topological polar surface area (TPSA) is 293 Å². The molecule has 8 heterocycles. The van der Waals surface area contributed by atoms with Crippen LogP contribution < -0.4 is 11.1 Å². The molecule has 8 rings (SSSR count). The molecule has 0 bridgehead atoms. The first-order valence-corrected chi connectivity index (χ1v) is 20.4. The number of nitrogens with two attached hydrogens (primary N) is 1. The van der Waals surface area contributed by atoms with Crippen LogP contribution in [0.2, 0.25) is 0 Å². The lowest BCUT2D eigenvalue weighted by molar-refractivity contribution is 0.0633. The number of aryl methyl sites for hydroxylation is 9. The van der Waals surface area contributed by atoms with Crippen molar-refractivity contribution < 1.29 is 24.2 Å². The molecule has 0 saturated heterocycles. The van der Waals surface area contributed by atoms with Crippen molar-refractivity contribution in [2.45, 2.75) is 61.0 Å². The second-order valence-electron chi connectivity index (χ2n) is 15.9. The summed E-state index contributed by atoms with van der Waals surface area (Å²) in [7, 11) is 7.38. The van der Waals surface area contributed by atoms with Crippen LogP contribution in [-0.2, 0) is 32.9 Å². The van der Waals surface area contributed by atoms with Gasteiger partial charge in [-0.2, -0.15) is 20.4 Å². The summed E-state index contributed by atoms with van der Waals surface area (Å²) >= 11 is 0. The number of primary amides is 1. The van der Waals surface area contributed by atoms with Crippen LogP contribution in [0.25, 0.3) is 45.6 Å². The maximum atomic E-state index is 11.6. The lowest BCUT2D eigenvalue weighted by atomic mass is 10.2. The molecule has 0 unspecified atom stereocenters. The van der Waals surface area contributed by atoms with E-state index in [4.69, 9.17) is 15.6 Å². The third-order valence-electron chi connectivity index (χ3n) is 8.89. The van der Waals surface area contributed by atoms with Gasteiger partial charge in [-0.1, -0.05) is 0 Å². The molecule has 0 aliphatic heterocycles. The third kappa shape index (κ3) is 13.9. The van der Waals surface area contributed by atoms with Crippen molar-refractivity contribution in [3.63, 3.8) is 0 Å². The van der Waals surface area contributed by atoms with Gasteiger partial charge in [-0.25, -0.2) is 29.5 Å². The number of aromatic nitrogens is 16. The van der Waals surface area contributed by atoms with Gasteiger partial charge >= 0.3 is 12.1 Å². The van der Waals surface area contributed by atoms with Crippen LogP contribution in [0.15, 0.2) is 73.8 Å². The number of carboxylic acids is 1. The van der Waals surface area contributed by atoms with E-state index >= 15 is 0 Å². The zero-order chi connectivity index (χ0) is 49.2. The van der Waals surface area contributed by atoms with Crippen LogP contribution in [0.5, 0.6) is 0 Å². The highest BCUT2D eigenvalue weighted by Crippen LogP contribution is 2.20. The number of carbonyl (C=O) groups excluding carboxylic acids is 2. The van der Waals surface area contributed by atoms with Crippen LogP contribution in [0.1, 0.15) is 70.2 Å². The summed E-state index contributed by atoms with van der Waals surface area (Å²) in [6, 6.07) is 7.68. The first kappa shape index (κ1) is 49.4. The fraction of sp³-hybridized carbons (Fsp3) is 0.295. The number of hydrogen-bond acceptors (Lipinski definition) is 16. The number of carbonyl (C=O) groups is 3. The van der Waals surface area contributed by atoms with Crippen molar-refractivity contribution in [3.05, 3.63) is 114 Å². The molecule has 348 valence electrons. The number of nitrogens with one attached hydrogen (secondary N) is 1. The number of rotatable bonds is 7. The normalized spacial score (nSPS) is 10.7. The first-order chi connectivity index (χ1) is 31.6. The second-order valence-corrected chi connectivity index (χ2v) is 15.9. The van der Waals surface area contributed by atoms with Gasteiger partial charge in [0.05, 0.1) is 94.6 Å². The molecule has 8 aromatic heterocycles. The molecule has 0 aromatic carbocycles. The largest absolute Gasteiger partial charge is 0.476 e. The molecule has 0 atom stereocenters. The van der Waals surface area contributed by atoms with Gasteiger partial charge in [-0.3, -0.25) is 48.8 Å². The fourth-order valence-corrected chi connectivity index (χ4v) is 6.02. The Balaban J connectivity index is 0.000000169. The smallest absolute Gasteiger partial charge is 0.413 e. The molecule has 0 aliphatic carbocycles. The molecule has 8 aromatic rings. The molecule has 23 nitrogen and oxygen atoms in total. The lowest BCUT2D eigenvalue weighted by Gasteiger charge is -2.19. The summed E-state index contributed by atoms with van der Waals surface area (Å²) < 4.78 is 12.1. The number of nitrogens with zero attached hydrogens (tertiary/aromatic N) is 16. The standard InChI is InChI=1S/C14H19N5O2.C10H11N5O.C10H10N4O2.C10H12N4/c1-9-6-11(19(5)18-9)10-7-16-12(8-15-10)17-13(20)21-14(2,3)4;1-6-3-9(15(2)14-6)7-4-13-8(5-12-7)10(11)16;1-6-3-9(14(2)13-6)7-4-12-8(5-11-7)10(15)16;1-7-4-10(14(3)13-7)9-6-11-8(2)5-12-9/h6-8H,1-5H3,(H,16,17,20);3-5H,1-2H3,(H2,11,16);3-5H,1-2H3,(H,15,16);4-6H,1-3H3. The van der Waals surface area contributed by atoms with Crippen LogP contribution in [-0.4, -0.2) is 108 Å². The Bertz CT molecular complexity index is 2850. The Morgan fingerprint density at radius 2 is 0.866 bits per heavy atom. The minimum absolute atomic E-state index is 0.0670. The van der Waals surface area contributed by atoms with E-state index < -0.39 is 23.6 Å². The number of ether oxygens (including phenoxy) is 1. The van der Waals surface area contributed by atoms with E-state index in [1.54, 1.807) is 60.5 Å². The van der Waals surface area contributed by atoms with Gasteiger partial charge in [-0.05, 0) is 79.7 Å². The van der Waals surface area contributed by atoms with Crippen molar-refractivity contribution in [2.75, 3.05) is 5.32 Å². The Kier molecular flexibility index (Phi) is 15.7. The molecule has 0 fully saturated rings. The molecule has 0 aliphatic rings. The number of carboxylic acid groups (broad SMARTS) is 1. The van der Waals surface area contributed by atoms with Crippen LogP contribution >= 0.6 is 0 Å². The van der Waals surface area contributed by atoms with E-state index in [2.05, 4.69) is 65.6 Å². The van der Waals surface area contributed by atoms with E-state index in [0.717, 1.165) is 56.9 Å². The van der Waals surface area contributed by atoms with Gasteiger partial charge < -0.3 is 15.6 Å². The summed E-state index contributed by atoms with van der Waals surface area (Å²) in [4.78, 5) is 65.9. The van der Waals surface area contributed by atoms with Crippen molar-refractivity contribution in [1.82, 2.24) is 79.0 Å². The quantitative estimate of drug-likeness (QED) is 0.185. The van der Waals surface area contributed by atoms with Crippen molar-refractivity contribution in [2.24, 2.45) is 33.9 Å². The molecule has 67 heavy (non-hydrogen) atoms. The molecule has 0 radical (unpaired) electrons. The van der Waals surface area contributed by atoms with E-state index in [1.165, 1.54) is 31.0 Å². The first-order valence-electron chi connectivity index (χ1n) is 20.4. The number of aromatic carboxylic acids is 1. The maximum absolute atomic E-state index is 11.6. The lowest BCUT2D eigenvalue weighted by Crippen LogP contribution is -2.27. The molecular formula is C44H52N18O5.